The summed E-state index contributed by atoms with van der Waals surface area (Å²) >= 11 is 0. The van der Waals surface area contributed by atoms with Crippen molar-refractivity contribution in [3.63, 3.8) is 0 Å². The Morgan fingerprint density at radius 1 is 1.16 bits per heavy atom. The van der Waals surface area contributed by atoms with Crippen molar-refractivity contribution in [2.75, 3.05) is 19.7 Å². The van der Waals surface area contributed by atoms with Gasteiger partial charge in [-0.25, -0.2) is 0 Å². The SMILES string of the molecule is O=C(N1CCC(c2ccnn2CCO)CC1)C1(c2ccccc2)CC1. The highest BCUT2D eigenvalue weighted by molar-refractivity contribution is 5.91. The van der Waals surface area contributed by atoms with Crippen LogP contribution in [0.3, 0.4) is 0 Å². The smallest absolute Gasteiger partial charge is 0.233 e. The van der Waals surface area contributed by atoms with Crippen LogP contribution in [-0.4, -0.2) is 45.4 Å². The summed E-state index contributed by atoms with van der Waals surface area (Å²) in [5.41, 5.74) is 2.10. The Morgan fingerprint density at radius 2 is 1.88 bits per heavy atom. The second kappa shape index (κ2) is 6.64. The van der Waals surface area contributed by atoms with E-state index in [4.69, 9.17) is 5.11 Å². The van der Waals surface area contributed by atoms with Gasteiger partial charge in [-0.3, -0.25) is 9.48 Å². The molecule has 0 radical (unpaired) electrons. The minimum absolute atomic E-state index is 0.103. The van der Waals surface area contributed by atoms with E-state index >= 15 is 0 Å². The van der Waals surface area contributed by atoms with Crippen LogP contribution in [-0.2, 0) is 16.8 Å². The minimum Gasteiger partial charge on any atom is -0.394 e. The second-order valence-electron chi connectivity index (χ2n) is 7.22. The fourth-order valence-corrected chi connectivity index (χ4v) is 4.16. The van der Waals surface area contributed by atoms with Crippen molar-refractivity contribution in [2.45, 2.75) is 43.6 Å². The number of aromatic nitrogens is 2. The molecule has 1 aliphatic carbocycles. The van der Waals surface area contributed by atoms with Gasteiger partial charge in [0.1, 0.15) is 0 Å². The quantitative estimate of drug-likeness (QED) is 0.909. The summed E-state index contributed by atoms with van der Waals surface area (Å²) in [6.45, 7) is 2.26. The average Bonchev–Trinajstić information content (AvgIpc) is 3.35. The molecule has 1 saturated carbocycles. The Balaban J connectivity index is 1.42. The third kappa shape index (κ3) is 2.97. The van der Waals surface area contributed by atoms with Gasteiger partial charge < -0.3 is 10.0 Å². The fourth-order valence-electron chi connectivity index (χ4n) is 4.16. The normalized spacial score (nSPS) is 19.8. The number of nitrogens with zero attached hydrogens (tertiary/aromatic N) is 3. The van der Waals surface area contributed by atoms with E-state index in [0.29, 0.717) is 18.4 Å². The van der Waals surface area contributed by atoms with E-state index in [1.165, 1.54) is 11.3 Å². The number of carbonyl (C=O) groups is 1. The van der Waals surface area contributed by atoms with Crippen LogP contribution in [0.4, 0.5) is 0 Å². The number of aliphatic hydroxyl groups is 1. The van der Waals surface area contributed by atoms with Crippen LogP contribution < -0.4 is 0 Å². The van der Waals surface area contributed by atoms with Crippen LogP contribution in [0.15, 0.2) is 42.6 Å². The lowest BCUT2D eigenvalue weighted by Gasteiger charge is -2.34. The summed E-state index contributed by atoms with van der Waals surface area (Å²) in [5, 5.41) is 13.5. The van der Waals surface area contributed by atoms with Crippen LogP contribution in [0.25, 0.3) is 0 Å². The molecule has 5 heteroatoms. The van der Waals surface area contributed by atoms with Crippen molar-refractivity contribution in [2.24, 2.45) is 0 Å². The monoisotopic (exact) mass is 339 g/mol. The molecule has 2 aromatic rings. The van der Waals surface area contributed by atoms with Gasteiger partial charge >= 0.3 is 0 Å². The molecule has 4 rings (SSSR count). The molecule has 1 aromatic heterocycles. The zero-order valence-electron chi connectivity index (χ0n) is 14.5. The maximum absolute atomic E-state index is 13.1. The molecule has 132 valence electrons. The second-order valence-corrected chi connectivity index (χ2v) is 7.22. The molecule has 0 unspecified atom stereocenters. The lowest BCUT2D eigenvalue weighted by Crippen LogP contribution is -2.43. The standard InChI is InChI=1S/C20H25N3O2/c24-15-14-23-18(6-11-21-23)16-7-12-22(13-8-16)19(25)20(9-10-20)17-4-2-1-3-5-17/h1-6,11,16,24H,7-10,12-15H2. The van der Waals surface area contributed by atoms with E-state index in [0.717, 1.165) is 38.8 Å². The lowest BCUT2D eigenvalue weighted by atomic mass is 9.90. The molecule has 5 nitrogen and oxygen atoms in total. The van der Waals surface area contributed by atoms with Gasteiger partial charge in [0, 0.05) is 30.9 Å². The number of piperidine rings is 1. The topological polar surface area (TPSA) is 58.4 Å². The van der Waals surface area contributed by atoms with E-state index in [1.54, 1.807) is 6.20 Å². The van der Waals surface area contributed by atoms with Crippen LogP contribution >= 0.6 is 0 Å². The molecule has 2 aliphatic rings. The summed E-state index contributed by atoms with van der Waals surface area (Å²) in [6.07, 6.45) is 5.68. The van der Waals surface area contributed by atoms with Gasteiger partial charge in [0.05, 0.1) is 18.6 Å². The van der Waals surface area contributed by atoms with Gasteiger partial charge in [0.2, 0.25) is 5.91 Å². The van der Waals surface area contributed by atoms with Gasteiger partial charge in [-0.2, -0.15) is 5.10 Å². The number of hydrogen-bond donors (Lipinski definition) is 1. The predicted molar refractivity (Wildman–Crippen MR) is 95.2 cm³/mol. The molecule has 1 N–H and O–H groups in total. The molecule has 1 aliphatic heterocycles. The summed E-state index contributed by atoms with van der Waals surface area (Å²) in [5.74, 6) is 0.728. The molecule has 2 fully saturated rings. The fraction of sp³-hybridized carbons (Fsp3) is 0.500. The number of likely N-dealkylation sites (tertiary alicyclic amines) is 1. The lowest BCUT2D eigenvalue weighted by molar-refractivity contribution is -0.135. The molecular weight excluding hydrogens is 314 g/mol. The predicted octanol–water partition coefficient (Wildman–Crippen LogP) is 2.31. The first-order valence-corrected chi connectivity index (χ1v) is 9.22. The minimum atomic E-state index is -0.257. The highest BCUT2D eigenvalue weighted by Crippen LogP contribution is 2.50. The third-order valence-electron chi connectivity index (χ3n) is 5.75. The first kappa shape index (κ1) is 16.3. The van der Waals surface area contributed by atoms with E-state index in [9.17, 15) is 4.79 Å². The third-order valence-corrected chi connectivity index (χ3v) is 5.75. The van der Waals surface area contributed by atoms with Crippen LogP contribution in [0.2, 0.25) is 0 Å². The highest BCUT2D eigenvalue weighted by Gasteiger charge is 2.53. The van der Waals surface area contributed by atoms with Crippen molar-refractivity contribution < 1.29 is 9.90 Å². The van der Waals surface area contributed by atoms with E-state index < -0.39 is 0 Å². The molecule has 0 bridgehead atoms. The molecular formula is C20H25N3O2. The average molecular weight is 339 g/mol. The van der Waals surface area contributed by atoms with Crippen molar-refractivity contribution in [1.29, 1.82) is 0 Å². The molecule has 0 spiro atoms. The van der Waals surface area contributed by atoms with Gasteiger partial charge in [0.25, 0.3) is 0 Å². The Morgan fingerprint density at radius 3 is 2.52 bits per heavy atom. The summed E-state index contributed by atoms with van der Waals surface area (Å²) in [4.78, 5) is 15.2. The molecule has 1 amide bonds. The molecule has 25 heavy (non-hydrogen) atoms. The summed E-state index contributed by atoms with van der Waals surface area (Å²) < 4.78 is 1.90. The van der Waals surface area contributed by atoms with Crippen molar-refractivity contribution >= 4 is 5.91 Å². The molecule has 0 atom stereocenters. The maximum Gasteiger partial charge on any atom is 0.233 e. The first-order valence-electron chi connectivity index (χ1n) is 9.22. The highest BCUT2D eigenvalue weighted by atomic mass is 16.3. The van der Waals surface area contributed by atoms with Crippen LogP contribution in [0.1, 0.15) is 42.9 Å². The Hall–Kier alpha value is -2.14. The summed E-state index contributed by atoms with van der Waals surface area (Å²) in [7, 11) is 0. The van der Waals surface area contributed by atoms with E-state index in [1.807, 2.05) is 28.9 Å². The first-order chi connectivity index (χ1) is 12.2. The van der Waals surface area contributed by atoms with Crippen molar-refractivity contribution in [3.05, 3.63) is 53.9 Å². The van der Waals surface area contributed by atoms with E-state index in [-0.39, 0.29) is 12.0 Å². The van der Waals surface area contributed by atoms with Crippen LogP contribution in [0, 0.1) is 0 Å². The summed E-state index contributed by atoms with van der Waals surface area (Å²) in [6, 6.07) is 12.3. The Bertz CT molecular complexity index is 728. The Labute approximate surface area is 148 Å². The van der Waals surface area contributed by atoms with E-state index in [2.05, 4.69) is 22.1 Å². The van der Waals surface area contributed by atoms with Crippen molar-refractivity contribution in [1.82, 2.24) is 14.7 Å². The molecule has 1 aromatic carbocycles. The van der Waals surface area contributed by atoms with Crippen molar-refractivity contribution in [3.8, 4) is 0 Å². The van der Waals surface area contributed by atoms with Gasteiger partial charge in [-0.05, 0) is 37.3 Å². The molecule has 2 heterocycles. The maximum atomic E-state index is 13.1. The number of amides is 1. The zero-order chi connectivity index (χ0) is 17.3. The number of benzene rings is 1. The number of hydrogen-bond acceptors (Lipinski definition) is 3. The van der Waals surface area contributed by atoms with Gasteiger partial charge in [-0.1, -0.05) is 30.3 Å². The number of aliphatic hydroxyl groups excluding tert-OH is 1. The van der Waals surface area contributed by atoms with Gasteiger partial charge in [0.15, 0.2) is 0 Å². The Kier molecular flexibility index (Phi) is 4.34. The largest absolute Gasteiger partial charge is 0.394 e. The van der Waals surface area contributed by atoms with Crippen LogP contribution in [0.5, 0.6) is 0 Å². The number of carbonyl (C=O) groups excluding carboxylic acids is 1. The zero-order valence-corrected chi connectivity index (χ0v) is 14.5. The molecule has 1 saturated heterocycles. The number of rotatable bonds is 5. The van der Waals surface area contributed by atoms with Gasteiger partial charge in [-0.15, -0.1) is 0 Å².